The topological polar surface area (TPSA) is 186 Å². The molecule has 115 heavy (non-hydrogen) atoms. The summed E-state index contributed by atoms with van der Waals surface area (Å²) in [7, 11) is -6.29. The van der Waals surface area contributed by atoms with Crippen molar-refractivity contribution < 1.29 is 39.0 Å². The van der Waals surface area contributed by atoms with E-state index in [9.17, 15) is 25.3 Å². The predicted octanol–water partition coefficient (Wildman–Crippen LogP) is 19.3. The van der Waals surface area contributed by atoms with Gasteiger partial charge in [0, 0.05) is 112 Å². The maximum absolute atomic E-state index is 14.8. The van der Waals surface area contributed by atoms with Crippen molar-refractivity contribution in [3.8, 4) is 77.9 Å². The number of aryl methyl sites for hydroxylation is 3. The normalized spacial score (nSPS) is 12.6. The summed E-state index contributed by atoms with van der Waals surface area (Å²) >= 11 is 0. The van der Waals surface area contributed by atoms with Gasteiger partial charge in [-0.2, -0.15) is 0 Å². The van der Waals surface area contributed by atoms with Crippen LogP contribution < -0.4 is 13.7 Å². The van der Waals surface area contributed by atoms with Crippen LogP contribution in [0.25, 0.3) is 189 Å². The Morgan fingerprint density at radius 1 is 0.278 bits per heavy atom. The van der Waals surface area contributed by atoms with Crippen molar-refractivity contribution in [2.24, 2.45) is 21.1 Å². The molecule has 9 aromatic heterocycles. The highest BCUT2D eigenvalue weighted by Crippen LogP contribution is 2.46. The highest BCUT2D eigenvalue weighted by molar-refractivity contribution is 7.90. The molecule has 2 aliphatic rings. The van der Waals surface area contributed by atoms with Crippen LogP contribution in [0, 0.1) is 0 Å². The van der Waals surface area contributed by atoms with Crippen molar-refractivity contribution in [3.05, 3.63) is 339 Å². The van der Waals surface area contributed by atoms with Crippen LogP contribution in [0.4, 0.5) is 0 Å². The summed E-state index contributed by atoms with van der Waals surface area (Å²) in [5, 5.41) is 8.95. The molecule has 21 rings (SSSR count). The SMILES string of the molecule is C[n+]1cc(-c2c3nc(c(-c4cc(-c5cn(S(=O)(=O)c6ccccc6)c6ccccc56)c[n+](C)c4)c4ccc([nH]4)c(-c4ccc5ccc6cccc7ccc4c5c67)c4nc(c(-c5cc(-c6cn(S(=O)(=O)c7ccccc7)c7ccccc67)c[n+](C)c5)c5ccc2[nH]5)C=C4)C=C3)cc(-c2cn(S(=O)(=O)c3ccccc3)c3ccccc23)c1. The second-order valence-electron chi connectivity index (χ2n) is 29.4. The molecule has 2 aliphatic heterocycles. The van der Waals surface area contributed by atoms with E-state index in [-0.39, 0.29) is 14.7 Å². The third kappa shape index (κ3) is 11.2. The second kappa shape index (κ2) is 26.2. The number of nitrogens with zero attached hydrogens (tertiary/aromatic N) is 8. The summed E-state index contributed by atoms with van der Waals surface area (Å²) in [6.07, 6.45) is 25.6. The zero-order valence-corrected chi connectivity index (χ0v) is 64.5. The number of fused-ring (bicyclic) bond motifs is 11. The quantitative estimate of drug-likeness (QED) is 0.0843. The Morgan fingerprint density at radius 2 is 0.583 bits per heavy atom. The van der Waals surface area contributed by atoms with E-state index in [1.165, 1.54) is 17.3 Å². The Labute approximate surface area is 660 Å². The average molecular weight is 1550 g/mol. The lowest BCUT2D eigenvalue weighted by atomic mass is 9.89. The van der Waals surface area contributed by atoms with Crippen molar-refractivity contribution >= 4 is 141 Å². The minimum Gasteiger partial charge on any atom is -0.354 e. The van der Waals surface area contributed by atoms with E-state index >= 15 is 0 Å². The zero-order valence-electron chi connectivity index (χ0n) is 62.1. The van der Waals surface area contributed by atoms with Crippen molar-refractivity contribution in [1.82, 2.24) is 31.9 Å². The molecule has 8 bridgehead atoms. The van der Waals surface area contributed by atoms with Gasteiger partial charge in [-0.3, -0.25) is 0 Å². The molecule has 0 aliphatic carbocycles. The number of aromatic amines is 2. The molecule has 16 nitrogen and oxygen atoms in total. The first kappa shape index (κ1) is 68.8. The molecule has 0 atom stereocenters. The maximum Gasteiger partial charge on any atom is 0.268 e. The number of pyridine rings is 3. The molecule has 0 unspecified atom stereocenters. The predicted molar refractivity (Wildman–Crippen MR) is 458 cm³/mol. The molecule has 2 N–H and O–H groups in total. The summed E-state index contributed by atoms with van der Waals surface area (Å²) in [6.45, 7) is 0. The van der Waals surface area contributed by atoms with Gasteiger partial charge < -0.3 is 9.97 Å². The smallest absolute Gasteiger partial charge is 0.268 e. The second-order valence-corrected chi connectivity index (χ2v) is 34.9. The Balaban J connectivity index is 0.861. The molecule has 19 heteroatoms. The number of benzene rings is 10. The van der Waals surface area contributed by atoms with Gasteiger partial charge in [-0.1, -0.05) is 164 Å². The van der Waals surface area contributed by atoms with E-state index < -0.39 is 30.1 Å². The molecular formula is C96H67N10O6S3+3. The lowest BCUT2D eigenvalue weighted by molar-refractivity contribution is -0.670. The highest BCUT2D eigenvalue weighted by atomic mass is 32.2. The summed E-state index contributed by atoms with van der Waals surface area (Å²) < 4.78 is 98.8. The van der Waals surface area contributed by atoms with Crippen molar-refractivity contribution in [2.45, 2.75) is 14.7 Å². The summed E-state index contributed by atoms with van der Waals surface area (Å²) in [6, 6.07) is 82.5. The average Bonchev–Trinajstić information content (AvgIpc) is 1.38. The van der Waals surface area contributed by atoms with Crippen LogP contribution in [0.1, 0.15) is 22.8 Å². The Kier molecular flexibility index (Phi) is 15.7. The molecule has 0 amide bonds. The monoisotopic (exact) mass is 1550 g/mol. The number of rotatable bonds is 13. The summed E-state index contributed by atoms with van der Waals surface area (Å²) in [4.78, 5) is 20.2. The molecule has 10 aromatic carbocycles. The van der Waals surface area contributed by atoms with E-state index in [1.807, 2.05) is 138 Å². The molecule has 0 saturated carbocycles. The first-order valence-corrected chi connectivity index (χ1v) is 41.9. The van der Waals surface area contributed by atoms with Gasteiger partial charge in [0.1, 0.15) is 21.1 Å². The molecule has 11 heterocycles. The zero-order chi connectivity index (χ0) is 77.8. The van der Waals surface area contributed by atoms with E-state index in [0.29, 0.717) is 72.6 Å². The van der Waals surface area contributed by atoms with Crippen molar-refractivity contribution in [3.63, 3.8) is 0 Å². The Hall–Kier alpha value is -14.2. The number of aromatic nitrogens is 10. The molecular weight excluding hydrogens is 1490 g/mol. The number of nitrogens with one attached hydrogen (secondary N) is 2. The van der Waals surface area contributed by atoms with E-state index in [1.54, 1.807) is 110 Å². The Bertz CT molecular complexity index is 7790. The Morgan fingerprint density at radius 3 is 0.957 bits per heavy atom. The number of para-hydroxylation sites is 3. The molecule has 0 fully saturated rings. The van der Waals surface area contributed by atoms with Gasteiger partial charge in [-0.15, -0.1) is 0 Å². The van der Waals surface area contributed by atoms with Crippen LogP contribution in [-0.2, 0) is 51.2 Å². The number of hydrogen-bond donors (Lipinski definition) is 2. The molecule has 0 radical (unpaired) electrons. The van der Waals surface area contributed by atoms with Crippen LogP contribution in [0.2, 0.25) is 0 Å². The third-order valence-electron chi connectivity index (χ3n) is 22.3. The van der Waals surface area contributed by atoms with E-state index in [0.717, 1.165) is 110 Å². The van der Waals surface area contributed by atoms with E-state index in [2.05, 4.69) is 138 Å². The van der Waals surface area contributed by atoms with Gasteiger partial charge in [0.2, 0.25) is 0 Å². The molecule has 552 valence electrons. The van der Waals surface area contributed by atoms with Crippen LogP contribution in [-0.4, -0.2) is 57.1 Å². The van der Waals surface area contributed by atoms with Gasteiger partial charge >= 0.3 is 0 Å². The van der Waals surface area contributed by atoms with Crippen LogP contribution in [0.15, 0.2) is 331 Å². The van der Waals surface area contributed by atoms with E-state index in [4.69, 9.17) is 9.97 Å². The first-order valence-electron chi connectivity index (χ1n) is 37.6. The number of H-pyrrole nitrogens is 2. The minimum atomic E-state index is -4.08. The van der Waals surface area contributed by atoms with Crippen molar-refractivity contribution in [1.29, 1.82) is 0 Å². The van der Waals surface area contributed by atoms with Crippen LogP contribution in [0.5, 0.6) is 0 Å². The standard InChI is InChI=1S/C96H67N10O6S3/c1-101-51-63(77-57-104(88-31-16-13-28-72(77)88)113(107,108)69-22-7-4-8-23-69)48-66(54-101)93-80-40-42-82(97-80)94(67-49-64(52-102(2)55-67)78-58-105(89-32-17-14-29-73(78)89)114(109,110)70-24-9-5-10-25-70)84-44-46-86(99-84)96(76-39-37-62-35-34-60-20-19-21-61-36-38-75(76)92(62)91(60)61)87-47-45-85(100-87)95(83-43-41-81(93)98-83)68-50-65(53-103(3)56-68)79-59-106(90-33-18-15-30-74(79)90)115(111,112)71-26-11-6-12-27-71/h4-59,97,100H,1-3H3/q+3. The molecule has 0 saturated heterocycles. The fourth-order valence-corrected chi connectivity index (χ4v) is 21.4. The largest absolute Gasteiger partial charge is 0.354 e. The van der Waals surface area contributed by atoms with Gasteiger partial charge in [0.05, 0.1) is 70.7 Å². The summed E-state index contributed by atoms with van der Waals surface area (Å²) in [5.74, 6) is 0. The number of hydrogen-bond acceptors (Lipinski definition) is 8. The lowest BCUT2D eigenvalue weighted by Gasteiger charge is -2.15. The third-order valence-corrected chi connectivity index (χ3v) is 27.3. The maximum atomic E-state index is 14.8. The first-order chi connectivity index (χ1) is 56.0. The molecule has 19 aromatic rings. The van der Waals surface area contributed by atoms with Crippen LogP contribution >= 0.6 is 0 Å². The van der Waals surface area contributed by atoms with Crippen molar-refractivity contribution in [2.75, 3.05) is 0 Å². The van der Waals surface area contributed by atoms with Crippen LogP contribution in [0.3, 0.4) is 0 Å². The fraction of sp³-hybridized carbons (Fsp3) is 0.0312. The minimum absolute atomic E-state index is 0.159. The molecule has 0 spiro atoms. The van der Waals surface area contributed by atoms with Gasteiger partial charge in [-0.25, -0.2) is 60.8 Å². The highest BCUT2D eigenvalue weighted by Gasteiger charge is 2.30. The fourth-order valence-electron chi connectivity index (χ4n) is 17.2. The lowest BCUT2D eigenvalue weighted by Crippen LogP contribution is -2.27. The van der Waals surface area contributed by atoms with Gasteiger partial charge in [-0.05, 0) is 159 Å². The summed E-state index contributed by atoms with van der Waals surface area (Å²) in [5.41, 5.74) is 17.7. The van der Waals surface area contributed by atoms with Gasteiger partial charge in [0.15, 0.2) is 37.2 Å². The van der Waals surface area contributed by atoms with Gasteiger partial charge in [0.25, 0.3) is 30.1 Å².